The van der Waals surface area contributed by atoms with Gasteiger partial charge in [0, 0.05) is 5.56 Å². The molecule has 0 atom stereocenters. The van der Waals surface area contributed by atoms with Gasteiger partial charge in [0.05, 0.1) is 0 Å². The minimum atomic E-state index is -0.846. The SMILES string of the molecule is Cc1cccc(COC(N)=O)c1O. The zero-order chi connectivity index (χ0) is 9.84. The van der Waals surface area contributed by atoms with E-state index in [2.05, 4.69) is 4.74 Å². The lowest BCUT2D eigenvalue weighted by Crippen LogP contribution is -2.12. The lowest BCUT2D eigenvalue weighted by atomic mass is 10.1. The Balaban J connectivity index is 2.77. The molecular formula is C9H11NO3. The number of carbonyl (C=O) groups is 1. The average Bonchev–Trinajstić information content (AvgIpc) is 2.07. The Morgan fingerprint density at radius 1 is 1.62 bits per heavy atom. The maximum Gasteiger partial charge on any atom is 0.404 e. The molecule has 1 aromatic rings. The maximum absolute atomic E-state index is 10.3. The number of hydrogen-bond acceptors (Lipinski definition) is 3. The van der Waals surface area contributed by atoms with Crippen LogP contribution in [0.25, 0.3) is 0 Å². The van der Waals surface area contributed by atoms with Crippen LogP contribution < -0.4 is 5.73 Å². The van der Waals surface area contributed by atoms with Crippen LogP contribution in [0.15, 0.2) is 18.2 Å². The number of aromatic hydroxyl groups is 1. The van der Waals surface area contributed by atoms with Crippen molar-refractivity contribution in [1.82, 2.24) is 0 Å². The van der Waals surface area contributed by atoms with Crippen molar-refractivity contribution in [3.05, 3.63) is 29.3 Å². The molecule has 1 aromatic carbocycles. The molecule has 70 valence electrons. The van der Waals surface area contributed by atoms with Gasteiger partial charge in [0.15, 0.2) is 0 Å². The predicted octanol–water partition coefficient (Wildman–Crippen LogP) is 1.30. The van der Waals surface area contributed by atoms with E-state index in [1.54, 1.807) is 25.1 Å². The number of phenolic OH excluding ortho intramolecular Hbond substituents is 1. The fourth-order valence-electron chi connectivity index (χ4n) is 0.985. The quantitative estimate of drug-likeness (QED) is 0.722. The van der Waals surface area contributed by atoms with Crippen LogP contribution in [0.5, 0.6) is 5.75 Å². The second-order valence-electron chi connectivity index (χ2n) is 2.69. The van der Waals surface area contributed by atoms with Crippen molar-refractivity contribution in [2.75, 3.05) is 0 Å². The molecule has 4 heteroatoms. The van der Waals surface area contributed by atoms with E-state index in [4.69, 9.17) is 5.73 Å². The molecule has 0 fully saturated rings. The standard InChI is InChI=1S/C9H11NO3/c1-6-3-2-4-7(8(6)11)5-13-9(10)12/h2-4,11H,5H2,1H3,(H2,10,12). The predicted molar refractivity (Wildman–Crippen MR) is 47.2 cm³/mol. The Hall–Kier alpha value is -1.71. The summed E-state index contributed by atoms with van der Waals surface area (Å²) in [4.78, 5) is 10.3. The third-order valence-electron chi connectivity index (χ3n) is 1.69. The Morgan fingerprint density at radius 2 is 2.31 bits per heavy atom. The van der Waals surface area contributed by atoms with Crippen molar-refractivity contribution < 1.29 is 14.6 Å². The smallest absolute Gasteiger partial charge is 0.404 e. The van der Waals surface area contributed by atoms with Gasteiger partial charge in [-0.15, -0.1) is 0 Å². The minimum Gasteiger partial charge on any atom is -0.507 e. The van der Waals surface area contributed by atoms with Gasteiger partial charge >= 0.3 is 6.09 Å². The van der Waals surface area contributed by atoms with E-state index in [0.29, 0.717) is 5.56 Å². The number of primary amides is 1. The first-order chi connectivity index (χ1) is 6.11. The second kappa shape index (κ2) is 3.80. The van der Waals surface area contributed by atoms with E-state index in [1.807, 2.05) is 0 Å². The molecule has 0 aliphatic rings. The molecule has 13 heavy (non-hydrogen) atoms. The Labute approximate surface area is 75.9 Å². The molecule has 0 aliphatic carbocycles. The van der Waals surface area contributed by atoms with Gasteiger partial charge in [0.25, 0.3) is 0 Å². The highest BCUT2D eigenvalue weighted by atomic mass is 16.5. The Morgan fingerprint density at radius 3 is 2.92 bits per heavy atom. The van der Waals surface area contributed by atoms with Crippen LogP contribution in [-0.4, -0.2) is 11.2 Å². The third-order valence-corrected chi connectivity index (χ3v) is 1.69. The highest BCUT2D eigenvalue weighted by Gasteiger charge is 2.04. The summed E-state index contributed by atoms with van der Waals surface area (Å²) < 4.78 is 4.54. The van der Waals surface area contributed by atoms with Crippen molar-refractivity contribution in [2.24, 2.45) is 5.73 Å². The zero-order valence-electron chi connectivity index (χ0n) is 7.28. The number of amides is 1. The lowest BCUT2D eigenvalue weighted by molar-refractivity contribution is 0.149. The first-order valence-corrected chi connectivity index (χ1v) is 3.81. The molecule has 0 saturated carbocycles. The first kappa shape index (κ1) is 9.38. The van der Waals surface area contributed by atoms with Gasteiger partial charge in [-0.1, -0.05) is 18.2 Å². The van der Waals surface area contributed by atoms with Crippen molar-refractivity contribution in [1.29, 1.82) is 0 Å². The fourth-order valence-corrected chi connectivity index (χ4v) is 0.985. The third kappa shape index (κ3) is 2.37. The number of para-hydroxylation sites is 1. The summed E-state index contributed by atoms with van der Waals surface area (Å²) in [5.41, 5.74) is 6.08. The number of ether oxygens (including phenoxy) is 1. The van der Waals surface area contributed by atoms with Crippen molar-refractivity contribution in [3.8, 4) is 5.75 Å². The van der Waals surface area contributed by atoms with E-state index in [0.717, 1.165) is 5.56 Å². The van der Waals surface area contributed by atoms with E-state index < -0.39 is 6.09 Å². The molecule has 1 amide bonds. The summed E-state index contributed by atoms with van der Waals surface area (Å²) in [5.74, 6) is 0.142. The van der Waals surface area contributed by atoms with Gasteiger partial charge in [0.1, 0.15) is 12.4 Å². The van der Waals surface area contributed by atoms with Crippen molar-refractivity contribution >= 4 is 6.09 Å². The molecule has 0 saturated heterocycles. The van der Waals surface area contributed by atoms with Gasteiger partial charge in [-0.05, 0) is 12.5 Å². The molecule has 0 heterocycles. The monoisotopic (exact) mass is 181 g/mol. The summed E-state index contributed by atoms with van der Waals surface area (Å²) in [7, 11) is 0. The van der Waals surface area contributed by atoms with Crippen molar-refractivity contribution in [2.45, 2.75) is 13.5 Å². The Bertz CT molecular complexity index is 323. The molecule has 4 nitrogen and oxygen atoms in total. The number of phenols is 1. The number of aryl methyl sites for hydroxylation is 1. The molecular weight excluding hydrogens is 170 g/mol. The highest BCUT2D eigenvalue weighted by Crippen LogP contribution is 2.21. The van der Waals surface area contributed by atoms with Gasteiger partial charge in [-0.3, -0.25) is 0 Å². The number of hydrogen-bond donors (Lipinski definition) is 2. The number of benzene rings is 1. The molecule has 0 unspecified atom stereocenters. The van der Waals surface area contributed by atoms with E-state index >= 15 is 0 Å². The molecule has 3 N–H and O–H groups in total. The minimum absolute atomic E-state index is 0.00282. The summed E-state index contributed by atoms with van der Waals surface area (Å²) in [6.07, 6.45) is -0.846. The van der Waals surface area contributed by atoms with Crippen LogP contribution in [0, 0.1) is 6.92 Å². The Kier molecular flexibility index (Phi) is 2.74. The van der Waals surface area contributed by atoms with E-state index in [1.165, 1.54) is 0 Å². The second-order valence-corrected chi connectivity index (χ2v) is 2.69. The molecule has 0 aliphatic heterocycles. The lowest BCUT2D eigenvalue weighted by Gasteiger charge is -2.06. The van der Waals surface area contributed by atoms with Crippen molar-refractivity contribution in [3.63, 3.8) is 0 Å². The van der Waals surface area contributed by atoms with Gasteiger partial charge < -0.3 is 15.6 Å². The molecule has 1 rings (SSSR count). The topological polar surface area (TPSA) is 72.5 Å². The maximum atomic E-state index is 10.3. The summed E-state index contributed by atoms with van der Waals surface area (Å²) in [6.45, 7) is 1.77. The van der Waals surface area contributed by atoms with E-state index in [-0.39, 0.29) is 12.4 Å². The zero-order valence-corrected chi connectivity index (χ0v) is 7.28. The van der Waals surface area contributed by atoms with Gasteiger partial charge in [-0.2, -0.15) is 0 Å². The number of carbonyl (C=O) groups excluding carboxylic acids is 1. The van der Waals surface area contributed by atoms with Crippen LogP contribution in [0.4, 0.5) is 4.79 Å². The number of rotatable bonds is 2. The molecule has 0 spiro atoms. The fraction of sp³-hybridized carbons (Fsp3) is 0.222. The van der Waals surface area contributed by atoms with Gasteiger partial charge in [0.2, 0.25) is 0 Å². The average molecular weight is 181 g/mol. The summed E-state index contributed by atoms with van der Waals surface area (Å²) >= 11 is 0. The normalized spacial score (nSPS) is 9.62. The first-order valence-electron chi connectivity index (χ1n) is 3.81. The van der Waals surface area contributed by atoms with Crippen LogP contribution in [0.1, 0.15) is 11.1 Å². The van der Waals surface area contributed by atoms with E-state index in [9.17, 15) is 9.90 Å². The van der Waals surface area contributed by atoms with Crippen LogP contribution in [0.2, 0.25) is 0 Å². The molecule has 0 bridgehead atoms. The molecule has 0 aromatic heterocycles. The van der Waals surface area contributed by atoms with Crippen LogP contribution in [0.3, 0.4) is 0 Å². The highest BCUT2D eigenvalue weighted by molar-refractivity contribution is 5.64. The van der Waals surface area contributed by atoms with Crippen LogP contribution in [-0.2, 0) is 11.3 Å². The summed E-state index contributed by atoms with van der Waals surface area (Å²) in [6, 6.07) is 5.21. The molecule has 0 radical (unpaired) electrons. The summed E-state index contributed by atoms with van der Waals surface area (Å²) in [5, 5.41) is 9.48. The van der Waals surface area contributed by atoms with Crippen LogP contribution >= 0.6 is 0 Å². The largest absolute Gasteiger partial charge is 0.507 e. The number of nitrogens with two attached hydrogens (primary N) is 1. The van der Waals surface area contributed by atoms with Gasteiger partial charge in [-0.25, -0.2) is 4.79 Å².